The smallest absolute Gasteiger partial charge is 0.161 e. The first-order valence-corrected chi connectivity index (χ1v) is 13.2. The van der Waals surface area contributed by atoms with Crippen molar-refractivity contribution in [1.29, 1.82) is 0 Å². The molecule has 4 N–H and O–H groups in total. The van der Waals surface area contributed by atoms with Crippen molar-refractivity contribution in [2.24, 2.45) is 5.92 Å². The molecule has 2 aliphatic carbocycles. The Morgan fingerprint density at radius 3 is 1.88 bits per heavy atom. The minimum Gasteiger partial charge on any atom is -0.504 e. The number of aromatic hydroxyl groups is 4. The third-order valence-electron chi connectivity index (χ3n) is 9.20. The van der Waals surface area contributed by atoms with Gasteiger partial charge in [-0.05, 0) is 60.3 Å². The fourth-order valence-corrected chi connectivity index (χ4v) is 7.78. The van der Waals surface area contributed by atoms with Gasteiger partial charge in [0.2, 0.25) is 0 Å². The highest BCUT2D eigenvalue weighted by atomic mass is 16.3. The third kappa shape index (κ3) is 3.24. The average Bonchev–Trinajstić information content (AvgIpc) is 3.18. The molecule has 4 rings (SSSR count). The summed E-state index contributed by atoms with van der Waals surface area (Å²) >= 11 is 0. The largest absolute Gasteiger partial charge is 0.504 e. The van der Waals surface area contributed by atoms with E-state index in [1.54, 1.807) is 12.1 Å². The van der Waals surface area contributed by atoms with Gasteiger partial charge in [-0.2, -0.15) is 0 Å². The molecule has 2 aromatic carbocycles. The van der Waals surface area contributed by atoms with Crippen LogP contribution in [-0.2, 0) is 16.2 Å². The number of phenols is 4. The zero-order valence-electron chi connectivity index (χ0n) is 21.5. The van der Waals surface area contributed by atoms with E-state index in [1.807, 2.05) is 12.1 Å². The van der Waals surface area contributed by atoms with Crippen molar-refractivity contribution in [3.63, 3.8) is 0 Å². The number of hydrogen-bond donors (Lipinski definition) is 4. The molecule has 2 aromatic rings. The van der Waals surface area contributed by atoms with E-state index < -0.39 is 5.41 Å². The minimum absolute atomic E-state index is 0.0163. The zero-order chi connectivity index (χ0) is 24.9. The second-order valence-corrected chi connectivity index (χ2v) is 11.4. The Morgan fingerprint density at radius 1 is 0.735 bits per heavy atom. The lowest BCUT2D eigenvalue weighted by atomic mass is 9.60. The van der Waals surface area contributed by atoms with Crippen molar-refractivity contribution < 1.29 is 20.4 Å². The third-order valence-corrected chi connectivity index (χ3v) is 9.20. The van der Waals surface area contributed by atoms with E-state index in [-0.39, 0.29) is 39.7 Å². The van der Waals surface area contributed by atoms with Crippen LogP contribution in [0.2, 0.25) is 0 Å². The molecule has 0 saturated heterocycles. The lowest BCUT2D eigenvalue weighted by Gasteiger charge is -2.42. The topological polar surface area (TPSA) is 80.9 Å². The van der Waals surface area contributed by atoms with Gasteiger partial charge in [0.25, 0.3) is 0 Å². The lowest BCUT2D eigenvalue weighted by molar-refractivity contribution is 0.171. The molecule has 4 unspecified atom stereocenters. The summed E-state index contributed by atoms with van der Waals surface area (Å²) in [5.41, 5.74) is 2.79. The normalized spacial score (nSPS) is 29.5. The minimum atomic E-state index is -0.528. The maximum Gasteiger partial charge on any atom is 0.161 e. The van der Waals surface area contributed by atoms with Crippen molar-refractivity contribution in [1.82, 2.24) is 0 Å². The summed E-state index contributed by atoms with van der Waals surface area (Å²) in [4.78, 5) is 0. The van der Waals surface area contributed by atoms with Gasteiger partial charge in [-0.15, -0.1) is 0 Å². The summed E-state index contributed by atoms with van der Waals surface area (Å²) in [5, 5.41) is 43.9. The maximum absolute atomic E-state index is 11.4. The highest BCUT2D eigenvalue weighted by Crippen LogP contribution is 2.71. The number of rotatable bonds is 8. The Labute approximate surface area is 204 Å². The molecule has 0 fully saturated rings. The number of phenolic OH excluding ortho intramolecular Hbond substituents is 4. The second kappa shape index (κ2) is 8.70. The summed E-state index contributed by atoms with van der Waals surface area (Å²) < 4.78 is 0. The number of hydrogen-bond acceptors (Lipinski definition) is 4. The number of unbranched alkanes of at least 4 members (excludes halogenated alkanes) is 2. The van der Waals surface area contributed by atoms with Crippen molar-refractivity contribution in [3.8, 4) is 23.0 Å². The molecular weight excluding hydrogens is 424 g/mol. The van der Waals surface area contributed by atoms with Crippen LogP contribution in [0.3, 0.4) is 0 Å². The second-order valence-electron chi connectivity index (χ2n) is 11.4. The molecule has 4 atom stereocenters. The molecule has 2 aliphatic rings. The predicted molar refractivity (Wildman–Crippen MR) is 137 cm³/mol. The van der Waals surface area contributed by atoms with Gasteiger partial charge in [0, 0.05) is 22.0 Å². The van der Waals surface area contributed by atoms with Crippen LogP contribution in [-0.4, -0.2) is 20.4 Å². The van der Waals surface area contributed by atoms with E-state index in [1.165, 1.54) is 0 Å². The fourth-order valence-electron chi connectivity index (χ4n) is 7.78. The van der Waals surface area contributed by atoms with Gasteiger partial charge >= 0.3 is 0 Å². The van der Waals surface area contributed by atoms with Crippen LogP contribution >= 0.6 is 0 Å². The van der Waals surface area contributed by atoms with Crippen LogP contribution in [0, 0.1) is 5.92 Å². The van der Waals surface area contributed by atoms with Gasteiger partial charge in [-0.25, -0.2) is 0 Å². The molecule has 0 aliphatic heterocycles. The van der Waals surface area contributed by atoms with Gasteiger partial charge < -0.3 is 20.4 Å². The fraction of sp³-hybridized carbons (Fsp3) is 0.600. The van der Waals surface area contributed by atoms with Gasteiger partial charge in [0.1, 0.15) is 0 Å². The van der Waals surface area contributed by atoms with Crippen molar-refractivity contribution in [2.45, 2.75) is 109 Å². The molecule has 34 heavy (non-hydrogen) atoms. The first kappa shape index (κ1) is 24.8. The molecule has 0 saturated carbocycles. The number of fused-ring (bicyclic) bond motifs is 4. The van der Waals surface area contributed by atoms with Gasteiger partial charge in [-0.3, -0.25) is 0 Å². The highest BCUT2D eigenvalue weighted by Gasteiger charge is 2.65. The van der Waals surface area contributed by atoms with Gasteiger partial charge in [-0.1, -0.05) is 78.9 Å². The molecular formula is C30H42O4. The Bertz CT molecular complexity index is 1080. The quantitative estimate of drug-likeness (QED) is 0.303. The molecule has 1 spiro atoms. The summed E-state index contributed by atoms with van der Waals surface area (Å²) in [6.07, 6.45) is 8.92. The van der Waals surface area contributed by atoms with Gasteiger partial charge in [0.05, 0.1) is 0 Å². The SMILES string of the molecule is CCCCC1(C)CC2(c3ccc(O)c(O)c3C(C)(CCCC)C2CCC)c2c1ccc(O)c2O. The van der Waals surface area contributed by atoms with Crippen LogP contribution in [0.15, 0.2) is 24.3 Å². The lowest BCUT2D eigenvalue weighted by Crippen LogP contribution is -2.40. The van der Waals surface area contributed by atoms with E-state index >= 15 is 0 Å². The van der Waals surface area contributed by atoms with Crippen LogP contribution in [0.5, 0.6) is 23.0 Å². The van der Waals surface area contributed by atoms with E-state index in [0.29, 0.717) is 0 Å². The van der Waals surface area contributed by atoms with Crippen molar-refractivity contribution >= 4 is 0 Å². The van der Waals surface area contributed by atoms with E-state index in [0.717, 1.165) is 80.0 Å². The summed E-state index contributed by atoms with van der Waals surface area (Å²) in [5.74, 6) is -0.0654. The molecule has 0 bridgehead atoms. The molecule has 0 aromatic heterocycles. The molecule has 0 amide bonds. The van der Waals surface area contributed by atoms with Gasteiger partial charge in [0.15, 0.2) is 23.0 Å². The van der Waals surface area contributed by atoms with E-state index in [9.17, 15) is 20.4 Å². The van der Waals surface area contributed by atoms with E-state index in [4.69, 9.17) is 0 Å². The van der Waals surface area contributed by atoms with Crippen molar-refractivity contribution in [3.05, 3.63) is 46.5 Å². The average molecular weight is 467 g/mol. The molecule has 0 radical (unpaired) electrons. The van der Waals surface area contributed by atoms with Crippen LogP contribution < -0.4 is 0 Å². The monoisotopic (exact) mass is 466 g/mol. The maximum atomic E-state index is 11.4. The Morgan fingerprint density at radius 2 is 1.29 bits per heavy atom. The molecule has 186 valence electrons. The first-order chi connectivity index (χ1) is 16.1. The zero-order valence-corrected chi connectivity index (χ0v) is 21.5. The Balaban J connectivity index is 2.10. The standard InChI is InChI=1S/C30H42O4/c1-6-9-16-28(4)18-30(25-19(28)12-14-22(32)27(25)34)20-13-15-21(31)26(33)24(20)29(5,17-10-7-2)23(30)11-8-3/h12-15,23,31-34H,6-11,16-18H2,1-5H3. The number of benzene rings is 2. The van der Waals surface area contributed by atoms with Crippen LogP contribution in [0.1, 0.15) is 115 Å². The first-order valence-electron chi connectivity index (χ1n) is 13.2. The Kier molecular flexibility index (Phi) is 6.33. The van der Waals surface area contributed by atoms with E-state index in [2.05, 4.69) is 34.6 Å². The van der Waals surface area contributed by atoms with Crippen molar-refractivity contribution in [2.75, 3.05) is 0 Å². The Hall–Kier alpha value is -2.36. The van der Waals surface area contributed by atoms with Crippen LogP contribution in [0.4, 0.5) is 0 Å². The molecule has 0 heterocycles. The summed E-state index contributed by atoms with van der Waals surface area (Å²) in [6, 6.07) is 7.22. The molecule has 4 heteroatoms. The predicted octanol–water partition coefficient (Wildman–Crippen LogP) is 7.52. The highest BCUT2D eigenvalue weighted by molar-refractivity contribution is 5.70. The summed E-state index contributed by atoms with van der Waals surface area (Å²) in [7, 11) is 0. The van der Waals surface area contributed by atoms with Crippen LogP contribution in [0.25, 0.3) is 0 Å². The molecule has 4 nitrogen and oxygen atoms in total. The summed E-state index contributed by atoms with van der Waals surface area (Å²) in [6.45, 7) is 11.1.